The molecule has 0 bridgehead atoms. The van der Waals surface area contributed by atoms with Crippen LogP contribution in [0.25, 0.3) is 21.7 Å². The predicted octanol–water partition coefficient (Wildman–Crippen LogP) is 2.37. The van der Waals surface area contributed by atoms with Gasteiger partial charge >= 0.3 is 0 Å². The minimum absolute atomic E-state index is 0.125. The molecule has 1 aromatic carbocycles. The standard InChI is InChI=1S/C17H16N2O3/c1-3-8-19-15-9-11(17(21)22-2)4-5-13(15)12-6-7-18-10-14(12)16(19)20/h3-7,9-10,17,21H,1,8H2,2H3. The van der Waals surface area contributed by atoms with E-state index in [1.807, 2.05) is 12.1 Å². The Kier molecular flexibility index (Phi) is 3.75. The van der Waals surface area contributed by atoms with E-state index in [0.717, 1.165) is 16.3 Å². The van der Waals surface area contributed by atoms with Crippen molar-refractivity contribution in [3.8, 4) is 0 Å². The number of methoxy groups -OCH3 is 1. The van der Waals surface area contributed by atoms with Gasteiger partial charge in [-0.1, -0.05) is 18.2 Å². The quantitative estimate of drug-likeness (QED) is 0.456. The van der Waals surface area contributed by atoms with Crippen molar-refractivity contribution in [2.24, 2.45) is 0 Å². The van der Waals surface area contributed by atoms with Crippen LogP contribution in [0, 0.1) is 0 Å². The Balaban J connectivity index is 2.45. The summed E-state index contributed by atoms with van der Waals surface area (Å²) in [6.45, 7) is 4.09. The summed E-state index contributed by atoms with van der Waals surface area (Å²) < 4.78 is 6.56. The first kappa shape index (κ1) is 14.4. The lowest BCUT2D eigenvalue weighted by Gasteiger charge is -2.14. The highest BCUT2D eigenvalue weighted by Crippen LogP contribution is 2.25. The highest BCUT2D eigenvalue weighted by atomic mass is 16.6. The van der Waals surface area contributed by atoms with E-state index in [-0.39, 0.29) is 5.56 Å². The largest absolute Gasteiger partial charge is 0.364 e. The summed E-state index contributed by atoms with van der Waals surface area (Å²) in [5.74, 6) is 0. The first-order valence-corrected chi connectivity index (χ1v) is 6.89. The van der Waals surface area contributed by atoms with Crippen molar-refractivity contribution in [1.82, 2.24) is 9.55 Å². The zero-order chi connectivity index (χ0) is 15.7. The van der Waals surface area contributed by atoms with Crippen molar-refractivity contribution in [3.63, 3.8) is 0 Å². The Morgan fingerprint density at radius 2 is 2.18 bits per heavy atom. The zero-order valence-electron chi connectivity index (χ0n) is 12.2. The molecule has 5 nitrogen and oxygen atoms in total. The normalized spacial score (nSPS) is 12.6. The van der Waals surface area contributed by atoms with Gasteiger partial charge in [0.15, 0.2) is 6.29 Å². The average molecular weight is 296 g/mol. The van der Waals surface area contributed by atoms with Crippen molar-refractivity contribution in [3.05, 3.63) is 65.2 Å². The van der Waals surface area contributed by atoms with E-state index in [0.29, 0.717) is 17.5 Å². The fraction of sp³-hybridized carbons (Fsp3) is 0.176. The second kappa shape index (κ2) is 5.71. The molecule has 2 heterocycles. The molecule has 1 atom stereocenters. The van der Waals surface area contributed by atoms with Gasteiger partial charge < -0.3 is 14.4 Å². The molecule has 0 aliphatic carbocycles. The molecule has 5 heteroatoms. The highest BCUT2D eigenvalue weighted by molar-refractivity contribution is 6.05. The summed E-state index contributed by atoms with van der Waals surface area (Å²) in [5.41, 5.74) is 1.21. The first-order valence-electron chi connectivity index (χ1n) is 6.89. The number of fused-ring (bicyclic) bond motifs is 3. The number of pyridine rings is 2. The van der Waals surface area contributed by atoms with Gasteiger partial charge in [-0.05, 0) is 17.5 Å². The van der Waals surface area contributed by atoms with Crippen LogP contribution in [-0.2, 0) is 11.3 Å². The molecule has 1 N–H and O–H groups in total. The van der Waals surface area contributed by atoms with Crippen LogP contribution in [0.3, 0.4) is 0 Å². The Labute approximate surface area is 127 Å². The van der Waals surface area contributed by atoms with Crippen molar-refractivity contribution in [2.75, 3.05) is 7.11 Å². The number of hydrogen-bond donors (Lipinski definition) is 1. The molecule has 3 rings (SSSR count). The summed E-state index contributed by atoms with van der Waals surface area (Å²) >= 11 is 0. The minimum atomic E-state index is -1.02. The number of ether oxygens (including phenoxy) is 1. The van der Waals surface area contributed by atoms with E-state index in [2.05, 4.69) is 11.6 Å². The van der Waals surface area contributed by atoms with Crippen LogP contribution in [0.4, 0.5) is 0 Å². The summed E-state index contributed by atoms with van der Waals surface area (Å²) in [4.78, 5) is 16.7. The fourth-order valence-electron chi connectivity index (χ4n) is 2.65. The molecule has 0 saturated carbocycles. The van der Waals surface area contributed by atoms with Crippen LogP contribution in [0.15, 0.2) is 54.1 Å². The SMILES string of the molecule is C=CCn1c(=O)c2cnccc2c2ccc(C(O)OC)cc21. The van der Waals surface area contributed by atoms with E-state index >= 15 is 0 Å². The molecule has 0 fully saturated rings. The van der Waals surface area contributed by atoms with Gasteiger partial charge in [-0.2, -0.15) is 0 Å². The second-order valence-corrected chi connectivity index (χ2v) is 4.99. The Morgan fingerprint density at radius 3 is 2.91 bits per heavy atom. The molecule has 22 heavy (non-hydrogen) atoms. The summed E-state index contributed by atoms with van der Waals surface area (Å²) in [6.07, 6.45) is 3.89. The molecule has 112 valence electrons. The number of aliphatic hydroxyl groups is 1. The van der Waals surface area contributed by atoms with Gasteiger partial charge in [-0.25, -0.2) is 0 Å². The van der Waals surface area contributed by atoms with E-state index in [9.17, 15) is 9.90 Å². The van der Waals surface area contributed by atoms with Gasteiger partial charge in [0.1, 0.15) is 0 Å². The summed E-state index contributed by atoms with van der Waals surface area (Å²) in [6, 6.07) is 7.27. The van der Waals surface area contributed by atoms with Gasteiger partial charge in [0.2, 0.25) is 0 Å². The van der Waals surface area contributed by atoms with Crippen molar-refractivity contribution in [1.29, 1.82) is 0 Å². The predicted molar refractivity (Wildman–Crippen MR) is 85.7 cm³/mol. The molecule has 0 radical (unpaired) electrons. The van der Waals surface area contributed by atoms with E-state index < -0.39 is 6.29 Å². The number of rotatable bonds is 4. The van der Waals surface area contributed by atoms with Crippen LogP contribution in [0.2, 0.25) is 0 Å². The van der Waals surface area contributed by atoms with Gasteiger partial charge in [-0.15, -0.1) is 6.58 Å². The van der Waals surface area contributed by atoms with Crippen LogP contribution in [-0.4, -0.2) is 21.8 Å². The third kappa shape index (κ3) is 2.20. The Morgan fingerprint density at radius 1 is 1.36 bits per heavy atom. The maximum absolute atomic E-state index is 12.7. The number of nitrogens with zero attached hydrogens (tertiary/aromatic N) is 2. The molecule has 3 aromatic rings. The molecule has 1 unspecified atom stereocenters. The van der Waals surface area contributed by atoms with Gasteiger partial charge in [0.05, 0.1) is 10.9 Å². The lowest BCUT2D eigenvalue weighted by molar-refractivity contribution is -0.0768. The summed E-state index contributed by atoms with van der Waals surface area (Å²) in [5, 5.41) is 12.2. The molecular formula is C17H16N2O3. The van der Waals surface area contributed by atoms with Crippen LogP contribution >= 0.6 is 0 Å². The number of allylic oxidation sites excluding steroid dienone is 1. The van der Waals surface area contributed by atoms with Crippen LogP contribution in [0.1, 0.15) is 11.9 Å². The number of benzene rings is 1. The maximum atomic E-state index is 12.7. The van der Waals surface area contributed by atoms with Gasteiger partial charge in [-0.3, -0.25) is 9.78 Å². The van der Waals surface area contributed by atoms with Gasteiger partial charge in [0, 0.05) is 37.0 Å². The molecule has 2 aromatic heterocycles. The molecular weight excluding hydrogens is 280 g/mol. The van der Waals surface area contributed by atoms with Crippen LogP contribution in [0.5, 0.6) is 0 Å². The van der Waals surface area contributed by atoms with Crippen LogP contribution < -0.4 is 5.56 Å². The molecule has 0 saturated heterocycles. The maximum Gasteiger partial charge on any atom is 0.260 e. The second-order valence-electron chi connectivity index (χ2n) is 4.99. The smallest absolute Gasteiger partial charge is 0.260 e. The lowest BCUT2D eigenvalue weighted by atomic mass is 10.1. The third-order valence-corrected chi connectivity index (χ3v) is 3.72. The van der Waals surface area contributed by atoms with E-state index in [1.165, 1.54) is 7.11 Å². The van der Waals surface area contributed by atoms with Crippen molar-refractivity contribution >= 4 is 21.7 Å². The zero-order valence-corrected chi connectivity index (χ0v) is 12.2. The monoisotopic (exact) mass is 296 g/mol. The van der Waals surface area contributed by atoms with Crippen molar-refractivity contribution in [2.45, 2.75) is 12.8 Å². The highest BCUT2D eigenvalue weighted by Gasteiger charge is 2.13. The van der Waals surface area contributed by atoms with E-state index in [1.54, 1.807) is 35.2 Å². The molecule has 0 aliphatic heterocycles. The number of aliphatic hydroxyl groups excluding tert-OH is 1. The topological polar surface area (TPSA) is 64.4 Å². The van der Waals surface area contributed by atoms with Crippen molar-refractivity contribution < 1.29 is 9.84 Å². The molecule has 0 amide bonds. The number of aromatic nitrogens is 2. The molecule has 0 aliphatic rings. The Bertz CT molecular complexity index is 915. The fourth-order valence-corrected chi connectivity index (χ4v) is 2.65. The van der Waals surface area contributed by atoms with Gasteiger partial charge in [0.25, 0.3) is 5.56 Å². The first-order chi connectivity index (χ1) is 10.7. The lowest BCUT2D eigenvalue weighted by Crippen LogP contribution is -2.20. The number of hydrogen-bond acceptors (Lipinski definition) is 4. The summed E-state index contributed by atoms with van der Waals surface area (Å²) in [7, 11) is 1.43. The van der Waals surface area contributed by atoms with E-state index in [4.69, 9.17) is 4.74 Å². The Hall–Kier alpha value is -2.50. The third-order valence-electron chi connectivity index (χ3n) is 3.72. The molecule has 0 spiro atoms. The average Bonchev–Trinajstić information content (AvgIpc) is 2.57. The minimum Gasteiger partial charge on any atom is -0.364 e.